The Morgan fingerprint density at radius 1 is 1.07 bits per heavy atom. The van der Waals surface area contributed by atoms with E-state index in [1.165, 1.54) is 29.8 Å². The average Bonchev–Trinajstić information content (AvgIpc) is 3.56. The fraction of sp³-hybridized carbons (Fsp3) is 0.435. The number of hydrogen-bond acceptors (Lipinski definition) is 3. The SMILES string of the molecule is O=C(NCC1CC1)C1Cc2ccccc2N2CCN(c3ccc(Cl)cc3)CC12. The molecule has 5 rings (SSSR count). The number of anilines is 2. The van der Waals surface area contributed by atoms with Crippen molar-refractivity contribution in [2.75, 3.05) is 36.0 Å². The summed E-state index contributed by atoms with van der Waals surface area (Å²) < 4.78 is 0. The summed E-state index contributed by atoms with van der Waals surface area (Å²) in [5.41, 5.74) is 3.78. The van der Waals surface area contributed by atoms with Gasteiger partial charge in [0.15, 0.2) is 0 Å². The molecule has 3 aliphatic rings. The summed E-state index contributed by atoms with van der Waals surface area (Å²) in [6.07, 6.45) is 3.34. The summed E-state index contributed by atoms with van der Waals surface area (Å²) in [6, 6.07) is 16.8. The number of fused-ring (bicyclic) bond motifs is 3. The monoisotopic (exact) mass is 395 g/mol. The van der Waals surface area contributed by atoms with Crippen LogP contribution in [0.25, 0.3) is 0 Å². The van der Waals surface area contributed by atoms with E-state index in [-0.39, 0.29) is 17.9 Å². The van der Waals surface area contributed by atoms with Gasteiger partial charge in [-0.2, -0.15) is 0 Å². The third-order valence-electron chi connectivity index (χ3n) is 6.41. The number of carbonyl (C=O) groups excluding carboxylic acids is 1. The summed E-state index contributed by atoms with van der Waals surface area (Å²) >= 11 is 6.07. The Hall–Kier alpha value is -2.20. The van der Waals surface area contributed by atoms with Crippen molar-refractivity contribution in [3.63, 3.8) is 0 Å². The molecule has 2 aromatic rings. The molecule has 0 bridgehead atoms. The van der Waals surface area contributed by atoms with Crippen LogP contribution in [0.3, 0.4) is 0 Å². The second kappa shape index (κ2) is 7.32. The van der Waals surface area contributed by atoms with E-state index < -0.39 is 0 Å². The molecule has 0 spiro atoms. The number of rotatable bonds is 4. The molecule has 1 aliphatic carbocycles. The highest BCUT2D eigenvalue weighted by molar-refractivity contribution is 6.30. The van der Waals surface area contributed by atoms with E-state index in [0.29, 0.717) is 5.92 Å². The van der Waals surface area contributed by atoms with Gasteiger partial charge in [-0.1, -0.05) is 29.8 Å². The van der Waals surface area contributed by atoms with Crippen molar-refractivity contribution >= 4 is 28.9 Å². The van der Waals surface area contributed by atoms with Gasteiger partial charge in [-0.15, -0.1) is 0 Å². The van der Waals surface area contributed by atoms with Crippen molar-refractivity contribution < 1.29 is 4.79 Å². The highest BCUT2D eigenvalue weighted by Gasteiger charge is 2.41. The minimum atomic E-state index is -0.0104. The molecule has 1 N–H and O–H groups in total. The van der Waals surface area contributed by atoms with Gasteiger partial charge in [0.25, 0.3) is 0 Å². The average molecular weight is 396 g/mol. The Morgan fingerprint density at radius 3 is 2.64 bits per heavy atom. The quantitative estimate of drug-likeness (QED) is 0.856. The molecule has 146 valence electrons. The molecule has 0 aromatic heterocycles. The molecule has 4 nitrogen and oxygen atoms in total. The van der Waals surface area contributed by atoms with Crippen LogP contribution in [0.2, 0.25) is 5.02 Å². The maximum atomic E-state index is 13.1. The summed E-state index contributed by atoms with van der Waals surface area (Å²) in [4.78, 5) is 18.0. The molecule has 2 aromatic carbocycles. The smallest absolute Gasteiger partial charge is 0.225 e. The first-order chi connectivity index (χ1) is 13.7. The van der Waals surface area contributed by atoms with E-state index in [0.717, 1.165) is 37.6 Å². The van der Waals surface area contributed by atoms with Crippen LogP contribution >= 0.6 is 11.6 Å². The predicted molar refractivity (Wildman–Crippen MR) is 114 cm³/mol. The van der Waals surface area contributed by atoms with E-state index in [4.69, 9.17) is 11.6 Å². The van der Waals surface area contributed by atoms with Gasteiger partial charge in [0, 0.05) is 42.6 Å². The fourth-order valence-corrected chi connectivity index (χ4v) is 4.77. The number of benzene rings is 2. The topological polar surface area (TPSA) is 35.6 Å². The van der Waals surface area contributed by atoms with Gasteiger partial charge in [0.2, 0.25) is 5.91 Å². The van der Waals surface area contributed by atoms with Gasteiger partial charge >= 0.3 is 0 Å². The van der Waals surface area contributed by atoms with Crippen LogP contribution in [0.5, 0.6) is 0 Å². The predicted octanol–water partition coefficient (Wildman–Crippen LogP) is 3.73. The Morgan fingerprint density at radius 2 is 1.86 bits per heavy atom. The third kappa shape index (κ3) is 3.46. The Bertz CT molecular complexity index is 864. The van der Waals surface area contributed by atoms with Crippen molar-refractivity contribution in [2.45, 2.75) is 25.3 Å². The molecule has 2 atom stereocenters. The van der Waals surface area contributed by atoms with Crippen molar-refractivity contribution in [3.05, 3.63) is 59.1 Å². The lowest BCUT2D eigenvalue weighted by Gasteiger charge is -2.49. The zero-order valence-electron chi connectivity index (χ0n) is 16.0. The molecular formula is C23H26ClN3O. The van der Waals surface area contributed by atoms with E-state index in [1.54, 1.807) is 0 Å². The molecule has 0 radical (unpaired) electrons. The van der Waals surface area contributed by atoms with Crippen molar-refractivity contribution in [1.29, 1.82) is 0 Å². The molecule has 1 saturated carbocycles. The van der Waals surface area contributed by atoms with Crippen LogP contribution in [0.15, 0.2) is 48.5 Å². The molecule has 1 saturated heterocycles. The van der Waals surface area contributed by atoms with Gasteiger partial charge in [-0.25, -0.2) is 0 Å². The van der Waals surface area contributed by atoms with Gasteiger partial charge < -0.3 is 15.1 Å². The molecule has 1 amide bonds. The number of carbonyl (C=O) groups is 1. The summed E-state index contributed by atoms with van der Waals surface area (Å²) in [5.74, 6) is 0.908. The lowest BCUT2D eigenvalue weighted by Crippen LogP contribution is -2.61. The minimum Gasteiger partial charge on any atom is -0.368 e. The number of nitrogens with one attached hydrogen (secondary N) is 1. The van der Waals surface area contributed by atoms with Crippen molar-refractivity contribution in [1.82, 2.24) is 5.32 Å². The summed E-state index contributed by atoms with van der Waals surface area (Å²) in [7, 11) is 0. The van der Waals surface area contributed by atoms with Gasteiger partial charge in [-0.05, 0) is 61.1 Å². The Kier molecular flexibility index (Phi) is 4.67. The van der Waals surface area contributed by atoms with Crippen molar-refractivity contribution in [2.24, 2.45) is 11.8 Å². The molecule has 2 fully saturated rings. The number of para-hydroxylation sites is 1. The van der Waals surface area contributed by atoms with E-state index in [1.807, 2.05) is 12.1 Å². The Balaban J connectivity index is 1.41. The zero-order valence-corrected chi connectivity index (χ0v) is 16.7. The normalized spacial score (nSPS) is 23.8. The van der Waals surface area contributed by atoms with Crippen LogP contribution in [-0.2, 0) is 11.2 Å². The van der Waals surface area contributed by atoms with Gasteiger partial charge in [-0.3, -0.25) is 4.79 Å². The fourth-order valence-electron chi connectivity index (χ4n) is 4.64. The second-order valence-corrected chi connectivity index (χ2v) is 8.75. The maximum Gasteiger partial charge on any atom is 0.225 e. The van der Waals surface area contributed by atoms with Gasteiger partial charge in [0.05, 0.1) is 12.0 Å². The maximum absolute atomic E-state index is 13.1. The van der Waals surface area contributed by atoms with Crippen LogP contribution in [-0.4, -0.2) is 38.1 Å². The van der Waals surface area contributed by atoms with Crippen LogP contribution in [0.4, 0.5) is 11.4 Å². The largest absolute Gasteiger partial charge is 0.368 e. The zero-order chi connectivity index (χ0) is 19.1. The Labute approximate surface area is 171 Å². The van der Waals surface area contributed by atoms with Gasteiger partial charge in [0.1, 0.15) is 0 Å². The molecular weight excluding hydrogens is 370 g/mol. The van der Waals surface area contributed by atoms with E-state index in [2.05, 4.69) is 51.5 Å². The molecule has 2 aliphatic heterocycles. The highest BCUT2D eigenvalue weighted by Crippen LogP contribution is 2.37. The van der Waals surface area contributed by atoms with E-state index in [9.17, 15) is 4.79 Å². The third-order valence-corrected chi connectivity index (χ3v) is 6.67. The number of hydrogen-bond donors (Lipinski definition) is 1. The second-order valence-electron chi connectivity index (χ2n) is 8.31. The molecule has 5 heteroatoms. The lowest BCUT2D eigenvalue weighted by atomic mass is 9.83. The van der Waals surface area contributed by atoms with Crippen LogP contribution in [0.1, 0.15) is 18.4 Å². The summed E-state index contributed by atoms with van der Waals surface area (Å²) in [6.45, 7) is 3.57. The number of nitrogens with zero attached hydrogens (tertiary/aromatic N) is 2. The van der Waals surface area contributed by atoms with Crippen LogP contribution < -0.4 is 15.1 Å². The first kappa shape index (κ1) is 17.9. The number of halogens is 1. The molecule has 2 unspecified atom stereocenters. The minimum absolute atomic E-state index is 0.0104. The first-order valence-electron chi connectivity index (χ1n) is 10.3. The van der Waals surface area contributed by atoms with E-state index >= 15 is 0 Å². The van der Waals surface area contributed by atoms with Crippen molar-refractivity contribution in [3.8, 4) is 0 Å². The summed E-state index contributed by atoms with van der Waals surface area (Å²) in [5, 5.41) is 3.99. The number of amides is 1. The number of piperazine rings is 1. The molecule has 2 heterocycles. The van der Waals surface area contributed by atoms with Crippen LogP contribution in [0, 0.1) is 11.8 Å². The molecule has 28 heavy (non-hydrogen) atoms. The first-order valence-corrected chi connectivity index (χ1v) is 10.7. The standard InChI is InChI=1S/C23H26ClN3O/c24-18-7-9-19(10-8-18)26-11-12-27-21-4-2-1-3-17(21)13-20(22(27)15-26)23(28)25-14-16-5-6-16/h1-4,7-10,16,20,22H,5-6,11-15H2,(H,25,28). The lowest BCUT2D eigenvalue weighted by molar-refractivity contribution is -0.125. The highest BCUT2D eigenvalue weighted by atomic mass is 35.5.